The number of hydrogen-bond donors (Lipinski definition) is 1. The second kappa shape index (κ2) is 7.34. The largest absolute Gasteiger partial charge is 0.492 e. The summed E-state index contributed by atoms with van der Waals surface area (Å²) >= 11 is 0. The van der Waals surface area contributed by atoms with Gasteiger partial charge in [0, 0.05) is 30.3 Å². The first-order valence-corrected chi connectivity index (χ1v) is 8.22. The van der Waals surface area contributed by atoms with Crippen LogP contribution in [0.1, 0.15) is 30.1 Å². The van der Waals surface area contributed by atoms with Gasteiger partial charge in [-0.05, 0) is 49.7 Å². The molecule has 130 valence electrons. The Morgan fingerprint density at radius 3 is 2.64 bits per heavy atom. The lowest BCUT2D eigenvalue weighted by atomic mass is 10.1. The van der Waals surface area contributed by atoms with Crippen LogP contribution in [-0.4, -0.2) is 25.0 Å². The topological polar surface area (TPSA) is 58.6 Å². The molecular formula is C19H19FN2O3. The number of hydrogen-bond acceptors (Lipinski definition) is 3. The van der Waals surface area contributed by atoms with Gasteiger partial charge in [-0.3, -0.25) is 9.59 Å². The van der Waals surface area contributed by atoms with E-state index in [4.69, 9.17) is 4.74 Å². The number of nitrogens with one attached hydrogen (secondary N) is 1. The van der Waals surface area contributed by atoms with Gasteiger partial charge in [-0.25, -0.2) is 4.39 Å². The van der Waals surface area contributed by atoms with Crippen molar-refractivity contribution in [2.75, 3.05) is 23.4 Å². The Morgan fingerprint density at radius 2 is 2.00 bits per heavy atom. The molecule has 1 aliphatic rings. The van der Waals surface area contributed by atoms with Crippen LogP contribution in [0.4, 0.5) is 15.8 Å². The van der Waals surface area contributed by atoms with Crippen molar-refractivity contribution in [2.45, 2.75) is 19.8 Å². The number of nitrogens with zero attached hydrogens (tertiary/aromatic N) is 1. The first-order valence-electron chi connectivity index (χ1n) is 8.22. The summed E-state index contributed by atoms with van der Waals surface area (Å²) in [6.45, 7) is 2.86. The van der Waals surface area contributed by atoms with Crippen LogP contribution in [0.3, 0.4) is 0 Å². The highest BCUT2D eigenvalue weighted by molar-refractivity contribution is 6.05. The van der Waals surface area contributed by atoms with Gasteiger partial charge >= 0.3 is 0 Å². The Balaban J connectivity index is 1.74. The molecule has 0 atom stereocenters. The molecule has 1 fully saturated rings. The fourth-order valence-corrected chi connectivity index (χ4v) is 2.78. The van der Waals surface area contributed by atoms with E-state index in [1.807, 2.05) is 0 Å². The molecule has 25 heavy (non-hydrogen) atoms. The van der Waals surface area contributed by atoms with Crippen molar-refractivity contribution < 1.29 is 18.7 Å². The molecule has 0 saturated carbocycles. The number of rotatable bonds is 5. The number of benzene rings is 2. The number of anilines is 2. The van der Waals surface area contributed by atoms with E-state index < -0.39 is 5.82 Å². The number of halogens is 1. The Bertz CT molecular complexity index is 790. The lowest BCUT2D eigenvalue weighted by Gasteiger charge is -2.16. The fourth-order valence-electron chi connectivity index (χ4n) is 2.78. The lowest BCUT2D eigenvalue weighted by molar-refractivity contribution is -0.117. The maximum absolute atomic E-state index is 13.3. The zero-order valence-corrected chi connectivity index (χ0v) is 13.9. The molecule has 2 aromatic carbocycles. The van der Waals surface area contributed by atoms with Crippen molar-refractivity contribution in [3.05, 3.63) is 53.8 Å². The SMILES string of the molecule is CCOc1cc(F)ccc1NC(=O)c1ccc(N2CCCC2=O)cc1. The zero-order valence-electron chi connectivity index (χ0n) is 13.9. The fraction of sp³-hybridized carbons (Fsp3) is 0.263. The minimum Gasteiger partial charge on any atom is -0.492 e. The Kier molecular flexibility index (Phi) is 4.97. The number of amides is 2. The summed E-state index contributed by atoms with van der Waals surface area (Å²) in [7, 11) is 0. The minimum atomic E-state index is -0.430. The highest BCUT2D eigenvalue weighted by atomic mass is 19.1. The Hall–Kier alpha value is -2.89. The Morgan fingerprint density at radius 1 is 1.24 bits per heavy atom. The van der Waals surface area contributed by atoms with Crippen molar-refractivity contribution in [3.63, 3.8) is 0 Å². The number of ether oxygens (including phenoxy) is 1. The van der Waals surface area contributed by atoms with E-state index in [1.165, 1.54) is 18.2 Å². The molecule has 0 aromatic heterocycles. The van der Waals surface area contributed by atoms with Crippen LogP contribution in [0.2, 0.25) is 0 Å². The summed E-state index contributed by atoms with van der Waals surface area (Å²) in [5.41, 5.74) is 1.64. The van der Waals surface area contributed by atoms with Gasteiger partial charge in [0.15, 0.2) is 0 Å². The first kappa shape index (κ1) is 17.0. The quantitative estimate of drug-likeness (QED) is 0.903. The van der Waals surface area contributed by atoms with Crippen molar-refractivity contribution in [1.29, 1.82) is 0 Å². The van der Waals surface area contributed by atoms with Crippen molar-refractivity contribution >= 4 is 23.2 Å². The third-order valence-corrected chi connectivity index (χ3v) is 4.01. The summed E-state index contributed by atoms with van der Waals surface area (Å²) in [6.07, 6.45) is 1.42. The summed E-state index contributed by atoms with van der Waals surface area (Å²) in [5, 5.41) is 2.73. The number of carbonyl (C=O) groups excluding carboxylic acids is 2. The van der Waals surface area contributed by atoms with Gasteiger partial charge in [0.25, 0.3) is 5.91 Å². The average molecular weight is 342 g/mol. The minimum absolute atomic E-state index is 0.102. The van der Waals surface area contributed by atoms with Gasteiger partial charge in [-0.2, -0.15) is 0 Å². The molecule has 2 aromatic rings. The van der Waals surface area contributed by atoms with Crippen LogP contribution in [0.25, 0.3) is 0 Å². The van der Waals surface area contributed by atoms with Crippen molar-refractivity contribution in [1.82, 2.24) is 0 Å². The predicted molar refractivity (Wildman–Crippen MR) is 93.6 cm³/mol. The van der Waals surface area contributed by atoms with Crippen LogP contribution in [0, 0.1) is 5.82 Å². The summed E-state index contributed by atoms with van der Waals surface area (Å²) in [5.74, 6) is -0.368. The Labute approximate surface area is 145 Å². The van der Waals surface area contributed by atoms with E-state index in [0.717, 1.165) is 12.1 Å². The maximum atomic E-state index is 13.3. The molecule has 2 amide bonds. The van der Waals surface area contributed by atoms with Crippen LogP contribution in [0.5, 0.6) is 5.75 Å². The van der Waals surface area contributed by atoms with Crippen LogP contribution in [0.15, 0.2) is 42.5 Å². The molecule has 0 unspecified atom stereocenters. The molecule has 3 rings (SSSR count). The van der Waals surface area contributed by atoms with E-state index in [9.17, 15) is 14.0 Å². The monoisotopic (exact) mass is 342 g/mol. The van der Waals surface area contributed by atoms with Crippen LogP contribution in [-0.2, 0) is 4.79 Å². The van der Waals surface area contributed by atoms with Gasteiger partial charge in [0.05, 0.1) is 12.3 Å². The predicted octanol–water partition coefficient (Wildman–Crippen LogP) is 3.60. The van der Waals surface area contributed by atoms with Gasteiger partial charge in [-0.15, -0.1) is 0 Å². The molecule has 1 aliphatic heterocycles. The standard InChI is InChI=1S/C19H19FN2O3/c1-2-25-17-12-14(20)7-10-16(17)21-19(24)13-5-8-15(9-6-13)22-11-3-4-18(22)23/h5-10,12H,2-4,11H2,1H3,(H,21,24). The molecule has 5 nitrogen and oxygen atoms in total. The van der Waals surface area contributed by atoms with Gasteiger partial charge in [-0.1, -0.05) is 0 Å². The third kappa shape index (κ3) is 3.79. The van der Waals surface area contributed by atoms with E-state index in [1.54, 1.807) is 36.1 Å². The third-order valence-electron chi connectivity index (χ3n) is 4.01. The first-order chi connectivity index (χ1) is 12.1. The van der Waals surface area contributed by atoms with Crippen molar-refractivity contribution in [2.24, 2.45) is 0 Å². The molecular weight excluding hydrogens is 323 g/mol. The highest BCUT2D eigenvalue weighted by Crippen LogP contribution is 2.27. The van der Waals surface area contributed by atoms with Crippen LogP contribution >= 0.6 is 0 Å². The number of carbonyl (C=O) groups is 2. The summed E-state index contributed by atoms with van der Waals surface area (Å²) in [4.78, 5) is 25.9. The van der Waals surface area contributed by atoms with E-state index >= 15 is 0 Å². The summed E-state index contributed by atoms with van der Waals surface area (Å²) < 4.78 is 18.7. The lowest BCUT2D eigenvalue weighted by Crippen LogP contribution is -2.23. The molecule has 0 radical (unpaired) electrons. The van der Waals surface area contributed by atoms with E-state index in [-0.39, 0.29) is 17.6 Å². The molecule has 1 N–H and O–H groups in total. The molecule has 6 heteroatoms. The molecule has 0 aliphatic carbocycles. The van der Waals surface area contributed by atoms with Gasteiger partial charge < -0.3 is 15.0 Å². The van der Waals surface area contributed by atoms with Crippen molar-refractivity contribution in [3.8, 4) is 5.75 Å². The average Bonchev–Trinajstić information content (AvgIpc) is 3.03. The molecule has 1 heterocycles. The highest BCUT2D eigenvalue weighted by Gasteiger charge is 2.21. The second-order valence-electron chi connectivity index (χ2n) is 5.72. The molecule has 0 bridgehead atoms. The smallest absolute Gasteiger partial charge is 0.255 e. The van der Waals surface area contributed by atoms with Crippen LogP contribution < -0.4 is 15.0 Å². The molecule has 1 saturated heterocycles. The van der Waals surface area contributed by atoms with E-state index in [0.29, 0.717) is 30.8 Å². The van der Waals surface area contributed by atoms with Gasteiger partial charge in [0.1, 0.15) is 11.6 Å². The maximum Gasteiger partial charge on any atom is 0.255 e. The van der Waals surface area contributed by atoms with Gasteiger partial charge in [0.2, 0.25) is 5.91 Å². The normalized spacial score (nSPS) is 13.8. The second-order valence-corrected chi connectivity index (χ2v) is 5.72. The molecule has 0 spiro atoms. The summed E-state index contributed by atoms with van der Waals surface area (Å²) in [6, 6.07) is 10.8. The van der Waals surface area contributed by atoms with E-state index in [2.05, 4.69) is 5.32 Å². The zero-order chi connectivity index (χ0) is 17.8.